The summed E-state index contributed by atoms with van der Waals surface area (Å²) < 4.78 is 26.3. The number of hydrogen-bond acceptors (Lipinski definition) is 4. The van der Waals surface area contributed by atoms with Crippen molar-refractivity contribution in [3.05, 3.63) is 64.7 Å². The van der Waals surface area contributed by atoms with Crippen LogP contribution in [0.4, 0.5) is 5.69 Å². The predicted octanol–water partition coefficient (Wildman–Crippen LogP) is 3.99. The fraction of sp³-hybridized carbons (Fsp3) is 0.440. The number of aryl methyl sites for hydroxylation is 1. The zero-order chi connectivity index (χ0) is 25.5. The molecule has 0 saturated carbocycles. The summed E-state index contributed by atoms with van der Waals surface area (Å²) in [4.78, 5) is 28.0. The third-order valence-electron chi connectivity index (χ3n) is 5.31. The SMILES string of the molecule is CC[C@H](C(=O)NCC(C)C)N(Cc1ccc(Cl)cc1)C(=O)CN(c1cccc(C)c1)S(C)(=O)=O. The van der Waals surface area contributed by atoms with Crippen LogP contribution >= 0.6 is 11.6 Å². The van der Waals surface area contributed by atoms with Crippen molar-refractivity contribution in [3.63, 3.8) is 0 Å². The summed E-state index contributed by atoms with van der Waals surface area (Å²) in [5, 5.41) is 3.46. The van der Waals surface area contributed by atoms with Crippen molar-refractivity contribution < 1.29 is 18.0 Å². The van der Waals surface area contributed by atoms with E-state index in [-0.39, 0.29) is 18.4 Å². The standard InChI is InChI=1S/C25H34ClN3O4S/c1-6-23(25(31)27-15-18(2)3)28(16-20-10-12-21(26)13-11-20)24(30)17-29(34(5,32)33)22-9-7-8-19(4)14-22/h7-14,18,23H,6,15-17H2,1-5H3,(H,27,31)/t23-/m1/s1. The summed E-state index contributed by atoms with van der Waals surface area (Å²) in [7, 11) is -3.75. The molecular formula is C25H34ClN3O4S. The largest absolute Gasteiger partial charge is 0.354 e. The molecule has 0 aliphatic carbocycles. The van der Waals surface area contributed by atoms with E-state index in [0.717, 1.165) is 21.7 Å². The maximum absolute atomic E-state index is 13.6. The molecule has 0 fully saturated rings. The molecule has 0 bridgehead atoms. The highest BCUT2D eigenvalue weighted by atomic mass is 35.5. The zero-order valence-corrected chi connectivity index (χ0v) is 22.0. The first-order valence-corrected chi connectivity index (χ1v) is 13.5. The van der Waals surface area contributed by atoms with Gasteiger partial charge in [0.25, 0.3) is 0 Å². The molecule has 2 amide bonds. The maximum Gasteiger partial charge on any atom is 0.244 e. The number of rotatable bonds is 11. The van der Waals surface area contributed by atoms with Gasteiger partial charge in [0.2, 0.25) is 21.8 Å². The van der Waals surface area contributed by atoms with Gasteiger partial charge in [-0.15, -0.1) is 0 Å². The lowest BCUT2D eigenvalue weighted by molar-refractivity contribution is -0.140. The van der Waals surface area contributed by atoms with Crippen LogP contribution in [0, 0.1) is 12.8 Å². The first-order chi connectivity index (χ1) is 15.9. The average Bonchev–Trinajstić information content (AvgIpc) is 2.76. The van der Waals surface area contributed by atoms with E-state index in [1.165, 1.54) is 4.90 Å². The lowest BCUT2D eigenvalue weighted by Crippen LogP contribution is -2.52. The summed E-state index contributed by atoms with van der Waals surface area (Å²) in [6.07, 6.45) is 1.45. The van der Waals surface area contributed by atoms with Crippen LogP contribution in [0.5, 0.6) is 0 Å². The molecule has 2 aromatic rings. The third-order valence-corrected chi connectivity index (χ3v) is 6.70. The van der Waals surface area contributed by atoms with Crippen LogP contribution in [0.25, 0.3) is 0 Å². The first kappa shape index (κ1) is 27.7. The van der Waals surface area contributed by atoms with E-state index in [2.05, 4.69) is 5.32 Å². The number of hydrogen-bond donors (Lipinski definition) is 1. The molecule has 0 heterocycles. The molecular weight excluding hydrogens is 474 g/mol. The molecule has 34 heavy (non-hydrogen) atoms. The highest BCUT2D eigenvalue weighted by Crippen LogP contribution is 2.21. The Hall–Kier alpha value is -2.58. The Kier molecular flexibility index (Phi) is 9.94. The summed E-state index contributed by atoms with van der Waals surface area (Å²) in [6.45, 7) is 7.88. The van der Waals surface area contributed by atoms with Crippen LogP contribution < -0.4 is 9.62 Å². The lowest BCUT2D eigenvalue weighted by atomic mass is 10.1. The molecule has 2 rings (SSSR count). The van der Waals surface area contributed by atoms with Crippen molar-refractivity contribution in [3.8, 4) is 0 Å². The molecule has 186 valence electrons. The lowest BCUT2D eigenvalue weighted by Gasteiger charge is -2.33. The van der Waals surface area contributed by atoms with E-state index in [1.54, 1.807) is 42.5 Å². The van der Waals surface area contributed by atoms with E-state index >= 15 is 0 Å². The van der Waals surface area contributed by atoms with Crippen LogP contribution in [0.2, 0.25) is 5.02 Å². The normalized spacial score (nSPS) is 12.3. The molecule has 1 N–H and O–H groups in total. The third kappa shape index (κ3) is 8.02. The van der Waals surface area contributed by atoms with Gasteiger partial charge in [0.05, 0.1) is 11.9 Å². The minimum absolute atomic E-state index is 0.148. The fourth-order valence-corrected chi connectivity index (χ4v) is 4.49. The van der Waals surface area contributed by atoms with Crippen molar-refractivity contribution >= 4 is 39.1 Å². The van der Waals surface area contributed by atoms with Gasteiger partial charge in [0, 0.05) is 18.1 Å². The Balaban J connectivity index is 2.41. The maximum atomic E-state index is 13.6. The van der Waals surface area contributed by atoms with Crippen molar-refractivity contribution in [2.45, 2.75) is 46.7 Å². The first-order valence-electron chi connectivity index (χ1n) is 11.3. The number of amides is 2. The van der Waals surface area contributed by atoms with Gasteiger partial charge in [0.1, 0.15) is 12.6 Å². The van der Waals surface area contributed by atoms with Gasteiger partial charge in [0.15, 0.2) is 0 Å². The average molecular weight is 508 g/mol. The molecule has 0 radical (unpaired) electrons. The van der Waals surface area contributed by atoms with Gasteiger partial charge in [-0.25, -0.2) is 8.42 Å². The molecule has 0 aliphatic rings. The Morgan fingerprint density at radius 2 is 1.74 bits per heavy atom. The smallest absolute Gasteiger partial charge is 0.244 e. The minimum atomic E-state index is -3.75. The topological polar surface area (TPSA) is 86.8 Å². The number of nitrogens with zero attached hydrogens (tertiary/aromatic N) is 2. The molecule has 2 aromatic carbocycles. The van der Waals surface area contributed by atoms with Gasteiger partial charge in [-0.05, 0) is 54.7 Å². The van der Waals surface area contributed by atoms with Crippen molar-refractivity contribution in [1.29, 1.82) is 0 Å². The number of sulfonamides is 1. The fourth-order valence-electron chi connectivity index (χ4n) is 3.53. The predicted molar refractivity (Wildman–Crippen MR) is 137 cm³/mol. The molecule has 0 unspecified atom stereocenters. The Morgan fingerprint density at radius 1 is 1.09 bits per heavy atom. The molecule has 1 atom stereocenters. The van der Waals surface area contributed by atoms with Crippen molar-refractivity contribution in [1.82, 2.24) is 10.2 Å². The van der Waals surface area contributed by atoms with E-state index in [9.17, 15) is 18.0 Å². The number of carbonyl (C=O) groups is 2. The number of nitrogens with one attached hydrogen (secondary N) is 1. The van der Waals surface area contributed by atoms with Crippen LogP contribution in [0.1, 0.15) is 38.3 Å². The Labute approximate surface area is 208 Å². The number of carbonyl (C=O) groups excluding carboxylic acids is 2. The van der Waals surface area contributed by atoms with Crippen molar-refractivity contribution in [2.75, 3.05) is 23.7 Å². The zero-order valence-electron chi connectivity index (χ0n) is 20.4. The monoisotopic (exact) mass is 507 g/mol. The summed E-state index contributed by atoms with van der Waals surface area (Å²) >= 11 is 6.00. The minimum Gasteiger partial charge on any atom is -0.354 e. The van der Waals surface area contributed by atoms with E-state index in [4.69, 9.17) is 11.6 Å². The van der Waals surface area contributed by atoms with Gasteiger partial charge >= 0.3 is 0 Å². The molecule has 0 saturated heterocycles. The molecule has 0 spiro atoms. The Bertz CT molecular complexity index is 1090. The highest BCUT2D eigenvalue weighted by molar-refractivity contribution is 7.92. The van der Waals surface area contributed by atoms with Gasteiger partial charge < -0.3 is 10.2 Å². The van der Waals surface area contributed by atoms with Crippen LogP contribution in [0.15, 0.2) is 48.5 Å². The van der Waals surface area contributed by atoms with Gasteiger partial charge in [-0.1, -0.05) is 56.6 Å². The second-order valence-corrected chi connectivity index (χ2v) is 11.2. The Morgan fingerprint density at radius 3 is 2.26 bits per heavy atom. The van der Waals surface area contributed by atoms with Crippen molar-refractivity contribution in [2.24, 2.45) is 5.92 Å². The summed E-state index contributed by atoms with van der Waals surface area (Å²) in [5.74, 6) is -0.475. The molecule has 0 aliphatic heterocycles. The van der Waals surface area contributed by atoms with Crippen LogP contribution in [-0.4, -0.2) is 50.5 Å². The molecule has 9 heteroatoms. The quantitative estimate of drug-likeness (QED) is 0.498. The summed E-state index contributed by atoms with van der Waals surface area (Å²) in [6, 6.07) is 13.2. The summed E-state index contributed by atoms with van der Waals surface area (Å²) in [5.41, 5.74) is 2.06. The molecule has 7 nitrogen and oxygen atoms in total. The van der Waals surface area contributed by atoms with Gasteiger partial charge in [-0.2, -0.15) is 0 Å². The second-order valence-electron chi connectivity index (χ2n) is 8.82. The number of anilines is 1. The highest BCUT2D eigenvalue weighted by Gasteiger charge is 2.31. The van der Waals surface area contributed by atoms with Crippen LogP contribution in [-0.2, 0) is 26.2 Å². The molecule has 0 aromatic heterocycles. The van der Waals surface area contributed by atoms with E-state index < -0.39 is 28.5 Å². The second kappa shape index (κ2) is 12.2. The number of benzene rings is 2. The van der Waals surface area contributed by atoms with E-state index in [0.29, 0.717) is 23.7 Å². The van der Waals surface area contributed by atoms with Crippen LogP contribution in [0.3, 0.4) is 0 Å². The van der Waals surface area contributed by atoms with E-state index in [1.807, 2.05) is 33.8 Å². The number of halogens is 1. The van der Waals surface area contributed by atoms with Gasteiger partial charge in [-0.3, -0.25) is 13.9 Å².